The van der Waals surface area contributed by atoms with Gasteiger partial charge in [0.1, 0.15) is 11.9 Å². The van der Waals surface area contributed by atoms with Crippen LogP contribution in [-0.2, 0) is 15.1 Å². The predicted octanol–water partition coefficient (Wildman–Crippen LogP) is 5.18. The summed E-state index contributed by atoms with van der Waals surface area (Å²) < 4.78 is 13.0. The molecule has 0 aliphatic heterocycles. The fourth-order valence-electron chi connectivity index (χ4n) is 6.55. The molecule has 0 saturated heterocycles. The van der Waals surface area contributed by atoms with Crippen LogP contribution in [0.4, 0.5) is 0 Å². The predicted molar refractivity (Wildman–Crippen MR) is 138 cm³/mol. The van der Waals surface area contributed by atoms with Crippen LogP contribution >= 0.6 is 0 Å². The van der Waals surface area contributed by atoms with E-state index < -0.39 is 17.0 Å². The van der Waals surface area contributed by atoms with Crippen LogP contribution in [0.3, 0.4) is 0 Å². The SMILES string of the molecule is CC(C)(C)C(O)(C(=O)O[C@@H]1CC2CC[C@H]1C2[N+](C)(C)CCCOc1ccccc1)c1ccccc1. The van der Waals surface area contributed by atoms with Gasteiger partial charge in [-0.1, -0.05) is 69.3 Å². The van der Waals surface area contributed by atoms with E-state index in [9.17, 15) is 9.90 Å². The van der Waals surface area contributed by atoms with E-state index in [0.29, 0.717) is 30.0 Å². The first-order valence-corrected chi connectivity index (χ1v) is 13.0. The van der Waals surface area contributed by atoms with Gasteiger partial charge in [0.05, 0.1) is 33.3 Å². The van der Waals surface area contributed by atoms with E-state index in [0.717, 1.165) is 36.0 Å². The van der Waals surface area contributed by atoms with Gasteiger partial charge in [0.25, 0.3) is 0 Å². The van der Waals surface area contributed by atoms with Crippen molar-refractivity contribution in [1.29, 1.82) is 0 Å². The van der Waals surface area contributed by atoms with Crippen molar-refractivity contribution in [2.75, 3.05) is 27.2 Å². The molecule has 0 aromatic heterocycles. The first kappa shape index (κ1) is 25.7. The number of benzene rings is 2. The number of carbonyl (C=O) groups excluding carboxylic acids is 1. The van der Waals surface area contributed by atoms with E-state index in [-0.39, 0.29) is 6.10 Å². The fourth-order valence-corrected chi connectivity index (χ4v) is 6.55. The molecule has 2 aromatic rings. The molecule has 5 nitrogen and oxygen atoms in total. The van der Waals surface area contributed by atoms with Gasteiger partial charge in [-0.25, -0.2) is 4.79 Å². The second kappa shape index (κ2) is 9.94. The van der Waals surface area contributed by atoms with Crippen molar-refractivity contribution >= 4 is 5.97 Å². The highest BCUT2D eigenvalue weighted by atomic mass is 16.6. The summed E-state index contributed by atoms with van der Waals surface area (Å²) in [7, 11) is 4.61. The van der Waals surface area contributed by atoms with E-state index >= 15 is 0 Å². The lowest BCUT2D eigenvalue weighted by molar-refractivity contribution is -0.919. The van der Waals surface area contributed by atoms with Crippen LogP contribution in [0.2, 0.25) is 0 Å². The van der Waals surface area contributed by atoms with Crippen LogP contribution in [0, 0.1) is 17.3 Å². The monoisotopic (exact) mass is 480 g/mol. The van der Waals surface area contributed by atoms with E-state index in [2.05, 4.69) is 14.1 Å². The molecule has 2 bridgehead atoms. The molecule has 1 N–H and O–H groups in total. The first-order chi connectivity index (χ1) is 16.5. The maximum atomic E-state index is 13.6. The maximum Gasteiger partial charge on any atom is 0.343 e. The summed E-state index contributed by atoms with van der Waals surface area (Å²) in [6, 6.07) is 19.6. The van der Waals surface area contributed by atoms with Crippen LogP contribution < -0.4 is 4.74 Å². The first-order valence-electron chi connectivity index (χ1n) is 13.0. The van der Waals surface area contributed by atoms with Crippen LogP contribution in [0.15, 0.2) is 60.7 Å². The normalized spacial score (nSPS) is 25.8. The highest BCUT2D eigenvalue weighted by Gasteiger charge is 2.58. The molecule has 2 saturated carbocycles. The van der Waals surface area contributed by atoms with Crippen molar-refractivity contribution in [3.8, 4) is 5.75 Å². The van der Waals surface area contributed by atoms with Gasteiger partial charge in [0.15, 0.2) is 5.60 Å². The zero-order valence-corrected chi connectivity index (χ0v) is 21.9. The number of hydrogen-bond acceptors (Lipinski definition) is 4. The van der Waals surface area contributed by atoms with Gasteiger partial charge in [-0.2, -0.15) is 0 Å². The molecule has 5 heteroatoms. The smallest absolute Gasteiger partial charge is 0.343 e. The minimum atomic E-state index is -1.69. The lowest BCUT2D eigenvalue weighted by Crippen LogP contribution is -2.53. The molecule has 0 heterocycles. The Bertz CT molecular complexity index is 984. The van der Waals surface area contributed by atoms with Crippen LogP contribution in [0.25, 0.3) is 0 Å². The number of rotatable bonds is 9. The number of esters is 1. The molecule has 35 heavy (non-hydrogen) atoms. The average Bonchev–Trinajstić information content (AvgIpc) is 3.41. The van der Waals surface area contributed by atoms with Crippen molar-refractivity contribution in [1.82, 2.24) is 0 Å². The molecule has 3 unspecified atom stereocenters. The van der Waals surface area contributed by atoms with E-state index in [1.807, 2.05) is 81.4 Å². The fraction of sp³-hybridized carbons (Fsp3) is 0.567. The van der Waals surface area contributed by atoms with Gasteiger partial charge in [-0.05, 0) is 37.0 Å². The van der Waals surface area contributed by atoms with Crippen molar-refractivity contribution in [3.05, 3.63) is 66.2 Å². The topological polar surface area (TPSA) is 55.8 Å². The zero-order chi connectivity index (χ0) is 25.3. The molecule has 2 aliphatic rings. The van der Waals surface area contributed by atoms with Gasteiger partial charge in [-0.3, -0.25) is 0 Å². The highest BCUT2D eigenvalue weighted by Crippen LogP contribution is 2.51. The Morgan fingerprint density at radius 2 is 1.63 bits per heavy atom. The second-order valence-corrected chi connectivity index (χ2v) is 12.0. The Labute approximate surface area is 210 Å². The average molecular weight is 481 g/mol. The number of nitrogens with zero attached hydrogens (tertiary/aromatic N) is 1. The molecular formula is C30H42NO4+. The van der Waals surface area contributed by atoms with Gasteiger partial charge >= 0.3 is 5.97 Å². The summed E-state index contributed by atoms with van der Waals surface area (Å²) in [4.78, 5) is 13.6. The van der Waals surface area contributed by atoms with Crippen molar-refractivity contribution < 1.29 is 23.9 Å². The summed E-state index contributed by atoms with van der Waals surface area (Å²) >= 11 is 0. The number of para-hydroxylation sites is 1. The maximum absolute atomic E-state index is 13.6. The lowest BCUT2D eigenvalue weighted by Gasteiger charge is -2.40. The summed E-state index contributed by atoms with van der Waals surface area (Å²) in [5.74, 6) is 1.26. The molecule has 0 amide bonds. The van der Waals surface area contributed by atoms with E-state index in [4.69, 9.17) is 9.47 Å². The molecule has 5 atom stereocenters. The molecule has 190 valence electrons. The van der Waals surface area contributed by atoms with E-state index in [1.54, 1.807) is 0 Å². The molecule has 2 aromatic carbocycles. The third-order valence-electron chi connectivity index (χ3n) is 8.33. The second-order valence-electron chi connectivity index (χ2n) is 12.0. The number of fused-ring (bicyclic) bond motifs is 2. The summed E-state index contributed by atoms with van der Waals surface area (Å²) in [5.41, 5.74) is -1.80. The van der Waals surface area contributed by atoms with Crippen molar-refractivity contribution in [2.24, 2.45) is 17.3 Å². The molecular weight excluding hydrogens is 438 g/mol. The number of hydrogen-bond donors (Lipinski definition) is 1. The molecule has 0 spiro atoms. The Morgan fingerprint density at radius 1 is 1.00 bits per heavy atom. The van der Waals surface area contributed by atoms with E-state index in [1.165, 1.54) is 6.42 Å². The van der Waals surface area contributed by atoms with Crippen LogP contribution in [0.1, 0.15) is 52.0 Å². The number of aliphatic hydroxyl groups is 1. The summed E-state index contributed by atoms with van der Waals surface area (Å²) in [6.07, 6.45) is 3.99. The molecule has 4 rings (SSSR count). The number of ether oxygens (including phenoxy) is 2. The Hall–Kier alpha value is -2.37. The minimum Gasteiger partial charge on any atom is -0.493 e. The Balaban J connectivity index is 1.40. The van der Waals surface area contributed by atoms with Gasteiger partial charge in [-0.15, -0.1) is 0 Å². The largest absolute Gasteiger partial charge is 0.493 e. The highest BCUT2D eigenvalue weighted by molar-refractivity contribution is 5.82. The molecule has 2 aliphatic carbocycles. The third kappa shape index (κ3) is 5.12. The Morgan fingerprint density at radius 3 is 2.26 bits per heavy atom. The van der Waals surface area contributed by atoms with Crippen molar-refractivity contribution in [3.63, 3.8) is 0 Å². The lowest BCUT2D eigenvalue weighted by atomic mass is 9.72. The minimum absolute atomic E-state index is 0.137. The zero-order valence-electron chi connectivity index (χ0n) is 21.9. The van der Waals surface area contributed by atoms with Gasteiger partial charge in [0, 0.05) is 23.7 Å². The van der Waals surface area contributed by atoms with Crippen LogP contribution in [0.5, 0.6) is 5.75 Å². The number of quaternary nitrogens is 1. The Kier molecular flexibility index (Phi) is 7.31. The molecule has 2 fully saturated rings. The number of carbonyl (C=O) groups is 1. The quantitative estimate of drug-likeness (QED) is 0.305. The van der Waals surface area contributed by atoms with Crippen molar-refractivity contribution in [2.45, 2.75) is 64.2 Å². The third-order valence-corrected chi connectivity index (χ3v) is 8.33. The van der Waals surface area contributed by atoms with Gasteiger partial charge in [0.2, 0.25) is 0 Å². The summed E-state index contributed by atoms with van der Waals surface area (Å²) in [6.45, 7) is 7.39. The molecule has 0 radical (unpaired) electrons. The standard InChI is InChI=1S/C30H42NO4/c1-29(2,3)30(33,23-13-8-6-9-14-23)28(32)35-26-21-22-17-18-25(26)27(22)31(4,5)19-12-20-34-24-15-10-7-11-16-24/h6-11,13-16,22,25-27,33H,12,17-21H2,1-5H3/q+1/t22?,25-,26-,27?,30?/m1/s1. The van der Waals surface area contributed by atoms with Crippen LogP contribution in [-0.4, -0.2) is 55.0 Å². The van der Waals surface area contributed by atoms with Gasteiger partial charge < -0.3 is 19.1 Å². The summed E-state index contributed by atoms with van der Waals surface area (Å²) in [5, 5.41) is 11.7.